The molecule has 0 amide bonds. The minimum atomic E-state index is -0.594. The van der Waals surface area contributed by atoms with E-state index in [1.54, 1.807) is 5.06 Å². The summed E-state index contributed by atoms with van der Waals surface area (Å²) in [5.74, 6) is -0.244. The maximum absolute atomic E-state index is 13.1. The van der Waals surface area contributed by atoms with Gasteiger partial charge in [-0.1, -0.05) is 60.3 Å². The normalized spacial score (nSPS) is 28.9. The molecule has 26 heavy (non-hydrogen) atoms. The number of Topliss-reactive ketones (excluding diaryl/α,β-unsaturated/α-hetero) is 1. The largest absolute Gasteiger partial charge is 0.394 e. The van der Waals surface area contributed by atoms with Crippen LogP contribution in [0.4, 0.5) is 0 Å². The summed E-state index contributed by atoms with van der Waals surface area (Å²) in [4.78, 5) is 20.0. The number of fused-ring (bicyclic) bond motifs is 2. The number of hydroxylamine groups is 2. The number of carbonyl (C=O) groups is 1. The molecule has 2 bridgehead atoms. The number of ketones is 1. The van der Waals surface area contributed by atoms with Crippen molar-refractivity contribution in [2.45, 2.75) is 29.0 Å². The molecule has 2 heterocycles. The Morgan fingerprint density at radius 3 is 2.46 bits per heavy atom. The molecule has 1 N–H and O–H groups in total. The predicted molar refractivity (Wildman–Crippen MR) is 98.3 cm³/mol. The monoisotopic (exact) mass is 371 g/mol. The highest BCUT2D eigenvalue weighted by Gasteiger charge is 2.51. The zero-order valence-electron chi connectivity index (χ0n) is 14.2. The molecule has 2 aromatic rings. The molecule has 2 fully saturated rings. The maximum Gasteiger partial charge on any atom is 0.164 e. The quantitative estimate of drug-likeness (QED) is 0.872. The van der Waals surface area contributed by atoms with Crippen LogP contribution < -0.4 is 0 Å². The first-order valence-electron chi connectivity index (χ1n) is 8.71. The van der Waals surface area contributed by atoms with Crippen molar-refractivity contribution >= 4 is 17.5 Å². The molecular weight excluding hydrogens is 350 g/mol. The Hall–Kier alpha value is -1.70. The van der Waals surface area contributed by atoms with Gasteiger partial charge < -0.3 is 9.84 Å². The van der Waals surface area contributed by atoms with Gasteiger partial charge in [0.15, 0.2) is 5.78 Å². The zero-order valence-corrected chi connectivity index (χ0v) is 15.0. The first kappa shape index (κ1) is 17.7. The van der Waals surface area contributed by atoms with Crippen molar-refractivity contribution in [1.29, 1.82) is 0 Å². The van der Waals surface area contributed by atoms with Crippen molar-refractivity contribution in [2.24, 2.45) is 5.92 Å². The van der Waals surface area contributed by atoms with Gasteiger partial charge in [0.25, 0.3) is 0 Å². The third kappa shape index (κ3) is 3.56. The minimum Gasteiger partial charge on any atom is -0.394 e. The summed E-state index contributed by atoms with van der Waals surface area (Å²) in [5, 5.41) is 11.5. The molecule has 2 aromatic carbocycles. The van der Waals surface area contributed by atoms with E-state index in [9.17, 15) is 9.90 Å². The van der Waals surface area contributed by atoms with Gasteiger partial charge in [0.1, 0.15) is 17.6 Å². The number of aliphatic hydroxyl groups excluding tert-OH is 1. The van der Waals surface area contributed by atoms with E-state index in [2.05, 4.69) is 0 Å². The summed E-state index contributed by atoms with van der Waals surface area (Å²) >= 11 is 1.51. The molecule has 0 saturated carbocycles. The molecule has 0 radical (unpaired) electrons. The van der Waals surface area contributed by atoms with E-state index in [0.29, 0.717) is 13.2 Å². The second kappa shape index (κ2) is 7.90. The molecule has 0 aliphatic carbocycles. The van der Waals surface area contributed by atoms with Crippen molar-refractivity contribution in [3.63, 3.8) is 0 Å². The number of nitrogens with zero attached hydrogens (tertiary/aromatic N) is 1. The molecule has 2 aliphatic rings. The molecular formula is C20H21NO4S. The van der Waals surface area contributed by atoms with Gasteiger partial charge in [-0.05, 0) is 17.7 Å². The van der Waals surface area contributed by atoms with Crippen LogP contribution >= 0.6 is 11.8 Å². The molecule has 4 atom stereocenters. The van der Waals surface area contributed by atoms with Crippen LogP contribution in [-0.2, 0) is 20.9 Å². The highest BCUT2D eigenvalue weighted by atomic mass is 32.2. The zero-order chi connectivity index (χ0) is 17.9. The fourth-order valence-corrected chi connectivity index (χ4v) is 4.57. The first-order valence-corrected chi connectivity index (χ1v) is 9.59. The summed E-state index contributed by atoms with van der Waals surface area (Å²) in [7, 11) is 0. The van der Waals surface area contributed by atoms with Crippen LogP contribution in [0.15, 0.2) is 65.6 Å². The third-order valence-electron chi connectivity index (χ3n) is 4.73. The van der Waals surface area contributed by atoms with Gasteiger partial charge in [0.2, 0.25) is 0 Å². The van der Waals surface area contributed by atoms with Crippen molar-refractivity contribution in [3.8, 4) is 0 Å². The number of carbonyl (C=O) groups excluding carboxylic acids is 1. The van der Waals surface area contributed by atoms with Gasteiger partial charge in [-0.2, -0.15) is 5.06 Å². The molecule has 0 spiro atoms. The highest BCUT2D eigenvalue weighted by molar-refractivity contribution is 7.99. The second-order valence-electron chi connectivity index (χ2n) is 6.47. The van der Waals surface area contributed by atoms with E-state index < -0.39 is 12.1 Å². The Morgan fingerprint density at radius 2 is 1.77 bits per heavy atom. The molecule has 2 aliphatic heterocycles. The molecule has 0 aromatic heterocycles. The number of rotatable bonds is 5. The van der Waals surface area contributed by atoms with Crippen LogP contribution in [0.3, 0.4) is 0 Å². The maximum atomic E-state index is 13.1. The molecule has 0 unspecified atom stereocenters. The van der Waals surface area contributed by atoms with Gasteiger partial charge in [0, 0.05) is 4.90 Å². The van der Waals surface area contributed by atoms with Crippen LogP contribution in [0.1, 0.15) is 5.56 Å². The predicted octanol–water partition coefficient (Wildman–Crippen LogP) is 2.50. The fraction of sp³-hybridized carbons (Fsp3) is 0.350. The Labute approximate surface area is 156 Å². The summed E-state index contributed by atoms with van der Waals surface area (Å²) in [6, 6.07) is 19.1. The fourth-order valence-electron chi connectivity index (χ4n) is 3.42. The smallest absolute Gasteiger partial charge is 0.164 e. The molecule has 136 valence electrons. The van der Waals surface area contributed by atoms with Crippen LogP contribution in [0.2, 0.25) is 0 Å². The van der Waals surface area contributed by atoms with Crippen molar-refractivity contribution in [2.75, 3.05) is 13.2 Å². The third-order valence-corrected chi connectivity index (χ3v) is 5.95. The van der Waals surface area contributed by atoms with Gasteiger partial charge in [-0.15, -0.1) is 0 Å². The number of hydrogen-bond donors (Lipinski definition) is 1. The summed E-state index contributed by atoms with van der Waals surface area (Å²) in [6.07, 6.45) is -0.594. The van der Waals surface area contributed by atoms with Gasteiger partial charge in [-0.3, -0.25) is 9.63 Å². The molecule has 5 nitrogen and oxygen atoms in total. The number of benzene rings is 2. The van der Waals surface area contributed by atoms with Gasteiger partial charge in [0.05, 0.1) is 25.7 Å². The van der Waals surface area contributed by atoms with Crippen molar-refractivity contribution < 1.29 is 19.5 Å². The first-order chi connectivity index (χ1) is 12.8. The van der Waals surface area contributed by atoms with Crippen molar-refractivity contribution in [1.82, 2.24) is 5.06 Å². The Morgan fingerprint density at radius 1 is 1.08 bits per heavy atom. The Balaban J connectivity index is 1.52. The van der Waals surface area contributed by atoms with Crippen molar-refractivity contribution in [3.05, 3.63) is 66.2 Å². The van der Waals surface area contributed by atoms with Gasteiger partial charge in [-0.25, -0.2) is 0 Å². The standard InChI is InChI=1S/C20H21NO4S/c22-12-17-18-19(23)16(20(25-17)26-15-9-5-2-6-10-15)13-24-21(18)11-14-7-3-1-4-8-14/h1-10,16-18,20,22H,11-13H2/t16-,17+,18-,20-/m0/s1. The van der Waals surface area contributed by atoms with E-state index in [0.717, 1.165) is 10.5 Å². The average molecular weight is 371 g/mol. The molecule has 4 rings (SSSR count). The van der Waals surface area contributed by atoms with E-state index in [-0.39, 0.29) is 23.7 Å². The number of aliphatic hydroxyl groups is 1. The Bertz CT molecular complexity index is 702. The van der Waals surface area contributed by atoms with Crippen LogP contribution in [0.25, 0.3) is 0 Å². The number of thioether (sulfide) groups is 1. The number of ether oxygens (including phenoxy) is 1. The van der Waals surface area contributed by atoms with E-state index in [1.807, 2.05) is 60.7 Å². The second-order valence-corrected chi connectivity index (χ2v) is 7.64. The number of hydrogen-bond acceptors (Lipinski definition) is 6. The van der Waals surface area contributed by atoms with Crippen LogP contribution in [0.5, 0.6) is 0 Å². The van der Waals surface area contributed by atoms with E-state index in [1.165, 1.54) is 11.8 Å². The minimum absolute atomic E-state index is 0.0888. The topological polar surface area (TPSA) is 59.0 Å². The van der Waals surface area contributed by atoms with E-state index >= 15 is 0 Å². The molecule has 2 saturated heterocycles. The molecule has 6 heteroatoms. The lowest BCUT2D eigenvalue weighted by Crippen LogP contribution is -2.64. The average Bonchev–Trinajstić information content (AvgIpc) is 2.67. The summed E-state index contributed by atoms with van der Waals surface area (Å²) < 4.78 is 6.12. The van der Waals surface area contributed by atoms with E-state index in [4.69, 9.17) is 9.57 Å². The SMILES string of the molecule is O=C1[C@@H]2[C@@H](CO)O[C@@H](Sc3ccccc3)[C@H]1CON2Cc1ccccc1. The Kier molecular flexibility index (Phi) is 5.38. The lowest BCUT2D eigenvalue weighted by atomic mass is 9.90. The lowest BCUT2D eigenvalue weighted by molar-refractivity contribution is -0.272. The van der Waals surface area contributed by atoms with Gasteiger partial charge >= 0.3 is 0 Å². The van der Waals surface area contributed by atoms with Crippen LogP contribution in [-0.4, -0.2) is 46.7 Å². The summed E-state index contributed by atoms with van der Waals surface area (Å²) in [6.45, 7) is 0.564. The highest BCUT2D eigenvalue weighted by Crippen LogP contribution is 2.39. The summed E-state index contributed by atoms with van der Waals surface area (Å²) in [5.41, 5.74) is 0.702. The van der Waals surface area contributed by atoms with Crippen LogP contribution in [0, 0.1) is 5.92 Å². The lowest BCUT2D eigenvalue weighted by Gasteiger charge is -2.47.